The molecule has 2 heteroatoms. The molecule has 0 fully saturated rings. The summed E-state index contributed by atoms with van der Waals surface area (Å²) in [6.07, 6.45) is 0.692. The fourth-order valence-electron chi connectivity index (χ4n) is 1.79. The Morgan fingerprint density at radius 1 is 1.00 bits per heavy atom. The zero-order chi connectivity index (χ0) is 11.5. The number of aromatic hydroxyl groups is 1. The number of hydrogen-bond acceptors (Lipinski definition) is 2. The summed E-state index contributed by atoms with van der Waals surface area (Å²) in [4.78, 5) is 11.0. The van der Waals surface area contributed by atoms with Crippen molar-refractivity contribution in [3.05, 3.63) is 53.6 Å². The molecular weight excluding hydrogens is 200 g/mol. The Hall–Kier alpha value is -2.09. The first-order valence-electron chi connectivity index (χ1n) is 5.07. The lowest BCUT2D eigenvalue weighted by Gasteiger charge is -2.09. The Bertz CT molecular complexity index is 530. The highest BCUT2D eigenvalue weighted by molar-refractivity contribution is 5.91. The van der Waals surface area contributed by atoms with Gasteiger partial charge in [-0.25, -0.2) is 0 Å². The number of benzene rings is 2. The summed E-state index contributed by atoms with van der Waals surface area (Å²) in [6.45, 7) is 1.98. The number of aldehydes is 1. The Labute approximate surface area is 94.2 Å². The van der Waals surface area contributed by atoms with Crippen molar-refractivity contribution in [1.29, 1.82) is 0 Å². The summed E-state index contributed by atoms with van der Waals surface area (Å²) in [7, 11) is 0. The SMILES string of the molecule is Cc1ccccc1-c1cccc(O)c1C=O. The average Bonchev–Trinajstić information content (AvgIpc) is 2.29. The Kier molecular flexibility index (Phi) is 2.73. The molecule has 0 aliphatic rings. The van der Waals surface area contributed by atoms with E-state index >= 15 is 0 Å². The van der Waals surface area contributed by atoms with Crippen LogP contribution in [0, 0.1) is 6.92 Å². The maximum atomic E-state index is 11.0. The van der Waals surface area contributed by atoms with Gasteiger partial charge in [0.05, 0.1) is 5.56 Å². The van der Waals surface area contributed by atoms with Crippen molar-refractivity contribution in [2.45, 2.75) is 6.92 Å². The van der Waals surface area contributed by atoms with Gasteiger partial charge in [0.15, 0.2) is 6.29 Å². The molecule has 0 spiro atoms. The molecule has 0 saturated carbocycles. The van der Waals surface area contributed by atoms with E-state index in [2.05, 4.69) is 0 Å². The van der Waals surface area contributed by atoms with Gasteiger partial charge < -0.3 is 5.11 Å². The maximum Gasteiger partial charge on any atom is 0.154 e. The van der Waals surface area contributed by atoms with Gasteiger partial charge in [-0.2, -0.15) is 0 Å². The molecule has 0 saturated heterocycles. The molecule has 0 radical (unpaired) electrons. The first-order chi connectivity index (χ1) is 7.74. The molecule has 1 N–H and O–H groups in total. The second-order valence-electron chi connectivity index (χ2n) is 3.67. The highest BCUT2D eigenvalue weighted by Gasteiger charge is 2.09. The maximum absolute atomic E-state index is 11.0. The fraction of sp³-hybridized carbons (Fsp3) is 0.0714. The number of phenolic OH excluding ortho intramolecular Hbond substituents is 1. The first-order valence-corrected chi connectivity index (χ1v) is 5.07. The second-order valence-corrected chi connectivity index (χ2v) is 3.67. The van der Waals surface area contributed by atoms with Crippen molar-refractivity contribution in [3.8, 4) is 16.9 Å². The molecule has 0 atom stereocenters. The molecule has 0 aliphatic heterocycles. The van der Waals surface area contributed by atoms with Crippen LogP contribution in [0.1, 0.15) is 15.9 Å². The predicted molar refractivity (Wildman–Crippen MR) is 63.7 cm³/mol. The van der Waals surface area contributed by atoms with Gasteiger partial charge in [-0.05, 0) is 29.7 Å². The quantitative estimate of drug-likeness (QED) is 0.776. The molecule has 80 valence electrons. The van der Waals surface area contributed by atoms with Gasteiger partial charge in [-0.15, -0.1) is 0 Å². The van der Waals surface area contributed by atoms with E-state index in [1.807, 2.05) is 37.3 Å². The van der Waals surface area contributed by atoms with Crippen LogP contribution >= 0.6 is 0 Å². The van der Waals surface area contributed by atoms with Crippen LogP contribution < -0.4 is 0 Å². The third kappa shape index (κ3) is 1.70. The van der Waals surface area contributed by atoms with Gasteiger partial charge in [-0.1, -0.05) is 36.4 Å². The number of carbonyl (C=O) groups excluding carboxylic acids is 1. The molecule has 0 heterocycles. The number of hydrogen-bond donors (Lipinski definition) is 1. The normalized spacial score (nSPS) is 10.1. The molecule has 2 aromatic rings. The standard InChI is InChI=1S/C14H12O2/c1-10-5-2-3-6-11(10)12-7-4-8-14(16)13(12)9-15/h2-9,16H,1H3. The molecule has 0 bridgehead atoms. The van der Waals surface area contributed by atoms with E-state index in [1.54, 1.807) is 6.07 Å². The predicted octanol–water partition coefficient (Wildman–Crippen LogP) is 3.18. The number of aryl methyl sites for hydroxylation is 1. The van der Waals surface area contributed by atoms with E-state index in [4.69, 9.17) is 0 Å². The average molecular weight is 212 g/mol. The van der Waals surface area contributed by atoms with E-state index in [9.17, 15) is 9.90 Å². The minimum absolute atomic E-state index is 0.0238. The van der Waals surface area contributed by atoms with Crippen LogP contribution in [0.15, 0.2) is 42.5 Å². The number of carbonyl (C=O) groups is 1. The molecule has 2 nitrogen and oxygen atoms in total. The van der Waals surface area contributed by atoms with Gasteiger partial charge in [0, 0.05) is 0 Å². The van der Waals surface area contributed by atoms with Crippen LogP contribution in [-0.2, 0) is 0 Å². The van der Waals surface area contributed by atoms with E-state index in [0.29, 0.717) is 11.8 Å². The molecule has 0 unspecified atom stereocenters. The molecule has 2 rings (SSSR count). The lowest BCUT2D eigenvalue weighted by atomic mass is 9.96. The monoisotopic (exact) mass is 212 g/mol. The summed E-state index contributed by atoms with van der Waals surface area (Å²) in [5, 5.41) is 9.61. The molecule has 0 amide bonds. The summed E-state index contributed by atoms with van der Waals surface area (Å²) >= 11 is 0. The van der Waals surface area contributed by atoms with Crippen molar-refractivity contribution in [1.82, 2.24) is 0 Å². The molecular formula is C14H12O2. The van der Waals surface area contributed by atoms with Crippen molar-refractivity contribution in [2.24, 2.45) is 0 Å². The van der Waals surface area contributed by atoms with Gasteiger partial charge in [0.2, 0.25) is 0 Å². The van der Waals surface area contributed by atoms with E-state index in [0.717, 1.165) is 16.7 Å². The van der Waals surface area contributed by atoms with E-state index < -0.39 is 0 Å². The largest absolute Gasteiger partial charge is 0.507 e. The van der Waals surface area contributed by atoms with E-state index in [1.165, 1.54) is 6.07 Å². The van der Waals surface area contributed by atoms with Gasteiger partial charge in [0.1, 0.15) is 5.75 Å². The topological polar surface area (TPSA) is 37.3 Å². The molecule has 16 heavy (non-hydrogen) atoms. The fourth-order valence-corrected chi connectivity index (χ4v) is 1.79. The smallest absolute Gasteiger partial charge is 0.154 e. The lowest BCUT2D eigenvalue weighted by Crippen LogP contribution is -1.90. The van der Waals surface area contributed by atoms with Crippen molar-refractivity contribution < 1.29 is 9.90 Å². The Balaban J connectivity index is 2.69. The summed E-state index contributed by atoms with van der Waals surface area (Å²) in [5.41, 5.74) is 3.17. The van der Waals surface area contributed by atoms with Crippen LogP contribution in [0.3, 0.4) is 0 Å². The van der Waals surface area contributed by atoms with Crippen LogP contribution in [0.2, 0.25) is 0 Å². The van der Waals surface area contributed by atoms with E-state index in [-0.39, 0.29) is 5.75 Å². The third-order valence-corrected chi connectivity index (χ3v) is 2.64. The minimum atomic E-state index is 0.0238. The zero-order valence-corrected chi connectivity index (χ0v) is 8.97. The Morgan fingerprint density at radius 2 is 1.69 bits per heavy atom. The van der Waals surface area contributed by atoms with Crippen molar-refractivity contribution in [3.63, 3.8) is 0 Å². The first kappa shape index (κ1) is 10.4. The number of phenols is 1. The molecule has 0 aromatic heterocycles. The van der Waals surface area contributed by atoms with Crippen LogP contribution in [-0.4, -0.2) is 11.4 Å². The third-order valence-electron chi connectivity index (χ3n) is 2.64. The minimum Gasteiger partial charge on any atom is -0.507 e. The highest BCUT2D eigenvalue weighted by atomic mass is 16.3. The Morgan fingerprint density at radius 3 is 2.38 bits per heavy atom. The van der Waals surface area contributed by atoms with Crippen molar-refractivity contribution >= 4 is 6.29 Å². The van der Waals surface area contributed by atoms with Crippen LogP contribution in [0.4, 0.5) is 0 Å². The highest BCUT2D eigenvalue weighted by Crippen LogP contribution is 2.30. The van der Waals surface area contributed by atoms with Crippen LogP contribution in [0.5, 0.6) is 5.75 Å². The molecule has 0 aliphatic carbocycles. The van der Waals surface area contributed by atoms with Crippen LogP contribution in [0.25, 0.3) is 11.1 Å². The van der Waals surface area contributed by atoms with Crippen molar-refractivity contribution in [2.75, 3.05) is 0 Å². The molecule has 2 aromatic carbocycles. The summed E-state index contributed by atoms with van der Waals surface area (Å²) in [6, 6.07) is 12.9. The zero-order valence-electron chi connectivity index (χ0n) is 8.97. The second kappa shape index (κ2) is 4.19. The van der Waals surface area contributed by atoms with Gasteiger partial charge in [0.25, 0.3) is 0 Å². The summed E-state index contributed by atoms with van der Waals surface area (Å²) < 4.78 is 0. The summed E-state index contributed by atoms with van der Waals surface area (Å²) in [5.74, 6) is 0.0238. The lowest BCUT2D eigenvalue weighted by molar-refractivity contribution is 0.112. The van der Waals surface area contributed by atoms with Gasteiger partial charge in [-0.3, -0.25) is 4.79 Å². The van der Waals surface area contributed by atoms with Gasteiger partial charge >= 0.3 is 0 Å². The number of rotatable bonds is 2.